The Labute approximate surface area is 181 Å². The zero-order valence-electron chi connectivity index (χ0n) is 18.4. The molecule has 1 aliphatic heterocycles. The molecule has 0 unspecified atom stereocenters. The van der Waals surface area contributed by atoms with E-state index in [1.165, 1.54) is 31.3 Å². The van der Waals surface area contributed by atoms with Crippen LogP contribution in [0.4, 0.5) is 0 Å². The molecule has 1 heterocycles. The number of hydrogen-bond donors (Lipinski definition) is 1. The van der Waals surface area contributed by atoms with Crippen molar-refractivity contribution in [2.45, 2.75) is 64.3 Å². The summed E-state index contributed by atoms with van der Waals surface area (Å²) in [6.45, 7) is 5.81. The van der Waals surface area contributed by atoms with Crippen LogP contribution in [0.15, 0.2) is 42.0 Å². The molecule has 30 heavy (non-hydrogen) atoms. The van der Waals surface area contributed by atoms with Crippen molar-refractivity contribution in [2.75, 3.05) is 32.7 Å². The first-order chi connectivity index (χ1) is 14.7. The molecule has 5 nitrogen and oxygen atoms in total. The molecule has 5 heteroatoms. The highest BCUT2D eigenvalue weighted by Crippen LogP contribution is 2.20. The van der Waals surface area contributed by atoms with Crippen molar-refractivity contribution in [3.63, 3.8) is 0 Å². The van der Waals surface area contributed by atoms with E-state index in [1.807, 2.05) is 35.2 Å². The van der Waals surface area contributed by atoms with E-state index in [1.54, 1.807) is 0 Å². The molecule has 1 aromatic rings. The lowest BCUT2D eigenvalue weighted by atomic mass is 9.97. The summed E-state index contributed by atoms with van der Waals surface area (Å²) >= 11 is 0. The predicted molar refractivity (Wildman–Crippen MR) is 121 cm³/mol. The molecule has 0 bridgehead atoms. The Bertz CT molecular complexity index is 708. The highest BCUT2D eigenvalue weighted by Gasteiger charge is 2.28. The number of rotatable bonds is 9. The third kappa shape index (κ3) is 6.69. The van der Waals surface area contributed by atoms with E-state index in [9.17, 15) is 9.59 Å². The lowest BCUT2D eigenvalue weighted by Crippen LogP contribution is -2.49. The summed E-state index contributed by atoms with van der Waals surface area (Å²) in [5.41, 5.74) is 2.26. The fraction of sp³-hybridized carbons (Fsp3) is 0.600. The van der Waals surface area contributed by atoms with Gasteiger partial charge in [-0.2, -0.15) is 0 Å². The van der Waals surface area contributed by atoms with Crippen LogP contribution in [0.3, 0.4) is 0 Å². The third-order valence-electron chi connectivity index (χ3n) is 6.30. The van der Waals surface area contributed by atoms with Gasteiger partial charge in [-0.1, -0.05) is 36.8 Å². The molecule has 1 aliphatic carbocycles. The first-order valence-corrected chi connectivity index (χ1v) is 11.7. The molecule has 1 fully saturated rings. The third-order valence-corrected chi connectivity index (χ3v) is 6.30. The van der Waals surface area contributed by atoms with Crippen molar-refractivity contribution >= 4 is 11.8 Å². The number of allylic oxidation sites excluding steroid dienone is 1. The molecule has 1 aromatic carbocycles. The van der Waals surface area contributed by atoms with Gasteiger partial charge in [0.15, 0.2) is 0 Å². The van der Waals surface area contributed by atoms with Crippen LogP contribution in [0.1, 0.15) is 68.6 Å². The molecule has 0 atom stereocenters. The quantitative estimate of drug-likeness (QED) is 0.625. The van der Waals surface area contributed by atoms with Gasteiger partial charge in [0.25, 0.3) is 5.91 Å². The fourth-order valence-electron chi connectivity index (χ4n) is 4.61. The predicted octanol–water partition coefficient (Wildman–Crippen LogP) is 4.01. The van der Waals surface area contributed by atoms with E-state index >= 15 is 0 Å². The molecule has 0 spiro atoms. The summed E-state index contributed by atoms with van der Waals surface area (Å²) in [6, 6.07) is 9.88. The smallest absolute Gasteiger partial charge is 0.253 e. The number of likely N-dealkylation sites (tertiary alicyclic amines) is 1. The highest BCUT2D eigenvalue weighted by atomic mass is 16.2. The van der Waals surface area contributed by atoms with Crippen molar-refractivity contribution in [1.29, 1.82) is 0 Å². The summed E-state index contributed by atoms with van der Waals surface area (Å²) in [5, 5.41) is 3.12. The number of amides is 2. The molecule has 1 N–H and O–H groups in total. The average molecular weight is 412 g/mol. The van der Waals surface area contributed by atoms with Crippen LogP contribution in [0.25, 0.3) is 0 Å². The first-order valence-electron chi connectivity index (χ1n) is 11.7. The van der Waals surface area contributed by atoms with Crippen LogP contribution >= 0.6 is 0 Å². The zero-order chi connectivity index (χ0) is 21.2. The Kier molecular flexibility index (Phi) is 8.94. The van der Waals surface area contributed by atoms with Crippen LogP contribution < -0.4 is 5.32 Å². The van der Waals surface area contributed by atoms with Crippen LogP contribution in [0.2, 0.25) is 0 Å². The van der Waals surface area contributed by atoms with Gasteiger partial charge in [-0.15, -0.1) is 0 Å². The van der Waals surface area contributed by atoms with Gasteiger partial charge in [-0.25, -0.2) is 0 Å². The molecule has 2 aliphatic rings. The van der Waals surface area contributed by atoms with Gasteiger partial charge in [-0.05, 0) is 70.0 Å². The maximum atomic E-state index is 12.7. The van der Waals surface area contributed by atoms with Crippen molar-refractivity contribution in [1.82, 2.24) is 15.1 Å². The van der Waals surface area contributed by atoms with Crippen molar-refractivity contribution < 1.29 is 9.59 Å². The molecule has 3 rings (SSSR count). The number of nitrogens with one attached hydrogen (secondary N) is 1. The molecule has 1 saturated heterocycles. The second-order valence-corrected chi connectivity index (χ2v) is 8.57. The number of carbonyl (C=O) groups excluding carboxylic acids is 2. The summed E-state index contributed by atoms with van der Waals surface area (Å²) in [5.74, 6) is 0.244. The Hall–Kier alpha value is -2.14. The standard InChI is InChI=1S/C25H37N3O2/c1-2-17-28(20-24(29)26-16-13-21-9-5-3-6-10-21)23-14-18-27(19-15-23)25(30)22-11-7-4-8-12-22/h4,7-9,11-12,23H,2-3,5-6,10,13-20H2,1H3,(H,26,29). The highest BCUT2D eigenvalue weighted by molar-refractivity contribution is 5.94. The summed E-state index contributed by atoms with van der Waals surface area (Å²) < 4.78 is 0. The summed E-state index contributed by atoms with van der Waals surface area (Å²) in [6.07, 6.45) is 11.2. The Morgan fingerprint density at radius 3 is 2.57 bits per heavy atom. The van der Waals surface area contributed by atoms with E-state index in [-0.39, 0.29) is 11.8 Å². The summed E-state index contributed by atoms with van der Waals surface area (Å²) in [7, 11) is 0. The molecular formula is C25H37N3O2. The van der Waals surface area contributed by atoms with Gasteiger partial charge in [-0.3, -0.25) is 14.5 Å². The Morgan fingerprint density at radius 2 is 1.90 bits per heavy atom. The minimum atomic E-state index is 0.117. The van der Waals surface area contributed by atoms with Gasteiger partial charge >= 0.3 is 0 Å². The second kappa shape index (κ2) is 11.9. The number of hydrogen-bond acceptors (Lipinski definition) is 3. The maximum absolute atomic E-state index is 12.7. The van der Waals surface area contributed by atoms with E-state index in [2.05, 4.69) is 23.2 Å². The zero-order valence-corrected chi connectivity index (χ0v) is 18.4. The van der Waals surface area contributed by atoms with Crippen LogP contribution in [-0.4, -0.2) is 60.4 Å². The lowest BCUT2D eigenvalue weighted by Gasteiger charge is -2.38. The normalized spacial score (nSPS) is 17.7. The Balaban J connectivity index is 1.43. The largest absolute Gasteiger partial charge is 0.355 e. The van der Waals surface area contributed by atoms with E-state index < -0.39 is 0 Å². The van der Waals surface area contributed by atoms with Crippen molar-refractivity contribution in [2.24, 2.45) is 0 Å². The number of carbonyl (C=O) groups is 2. The maximum Gasteiger partial charge on any atom is 0.253 e. The molecule has 0 radical (unpaired) electrons. The van der Waals surface area contributed by atoms with Crippen LogP contribution in [-0.2, 0) is 4.79 Å². The van der Waals surface area contributed by atoms with E-state index in [0.29, 0.717) is 12.6 Å². The second-order valence-electron chi connectivity index (χ2n) is 8.57. The minimum absolute atomic E-state index is 0.117. The molecule has 0 saturated carbocycles. The van der Waals surface area contributed by atoms with Crippen LogP contribution in [0, 0.1) is 0 Å². The van der Waals surface area contributed by atoms with Gasteiger partial charge in [0, 0.05) is 31.2 Å². The molecular weight excluding hydrogens is 374 g/mol. The van der Waals surface area contributed by atoms with E-state index in [4.69, 9.17) is 0 Å². The van der Waals surface area contributed by atoms with Gasteiger partial charge < -0.3 is 10.2 Å². The van der Waals surface area contributed by atoms with Crippen molar-refractivity contribution in [3.8, 4) is 0 Å². The molecule has 164 valence electrons. The van der Waals surface area contributed by atoms with Gasteiger partial charge in [0.2, 0.25) is 5.91 Å². The number of benzene rings is 1. The van der Waals surface area contributed by atoms with E-state index in [0.717, 1.165) is 57.4 Å². The van der Waals surface area contributed by atoms with Gasteiger partial charge in [0.05, 0.1) is 6.54 Å². The minimum Gasteiger partial charge on any atom is -0.355 e. The number of nitrogens with zero attached hydrogens (tertiary/aromatic N) is 2. The fourth-order valence-corrected chi connectivity index (χ4v) is 4.61. The Morgan fingerprint density at radius 1 is 1.13 bits per heavy atom. The van der Waals surface area contributed by atoms with Gasteiger partial charge in [0.1, 0.15) is 0 Å². The molecule has 2 amide bonds. The van der Waals surface area contributed by atoms with Crippen molar-refractivity contribution in [3.05, 3.63) is 47.5 Å². The molecule has 0 aromatic heterocycles. The average Bonchev–Trinajstić information content (AvgIpc) is 2.80. The SMILES string of the molecule is CCCN(CC(=O)NCCC1=CCCCC1)C1CCN(C(=O)c2ccccc2)CC1. The monoisotopic (exact) mass is 411 g/mol. The summed E-state index contributed by atoms with van der Waals surface area (Å²) in [4.78, 5) is 29.5. The number of piperidine rings is 1. The van der Waals surface area contributed by atoms with Crippen LogP contribution in [0.5, 0.6) is 0 Å². The lowest BCUT2D eigenvalue weighted by molar-refractivity contribution is -0.123. The first kappa shape index (κ1) is 22.5. The topological polar surface area (TPSA) is 52.7 Å².